The first-order valence-electron chi connectivity index (χ1n) is 6.49. The van der Waals surface area contributed by atoms with Gasteiger partial charge in [-0.3, -0.25) is 4.79 Å². The number of nitrogens with one attached hydrogen (secondary N) is 1. The molecular weight excluding hydrogens is 270 g/mol. The topological polar surface area (TPSA) is 101 Å². The molecule has 2 rings (SSSR count). The van der Waals surface area contributed by atoms with Crippen LogP contribution in [0.1, 0.15) is 29.9 Å². The molecule has 0 saturated carbocycles. The molecule has 0 bridgehead atoms. The molecule has 4 N–H and O–H groups in total. The highest BCUT2D eigenvalue weighted by molar-refractivity contribution is 5.97. The average Bonchev–Trinajstić information content (AvgIpc) is 3.01. The lowest BCUT2D eigenvalue weighted by atomic mass is 10.1. The number of oxime groups is 1. The monoisotopic (exact) mass is 287 g/mol. The number of rotatable bonds is 5. The number of amides is 1. The molecule has 0 fully saturated rings. The van der Waals surface area contributed by atoms with Crippen LogP contribution in [0.25, 0.3) is 0 Å². The Bertz CT molecular complexity index is 618. The van der Waals surface area contributed by atoms with Crippen LogP contribution >= 0.6 is 0 Å². The lowest BCUT2D eigenvalue weighted by Gasteiger charge is -2.11. The van der Waals surface area contributed by atoms with Crippen molar-refractivity contribution in [1.29, 1.82) is 0 Å². The van der Waals surface area contributed by atoms with Crippen LogP contribution < -0.4 is 11.1 Å². The van der Waals surface area contributed by atoms with Crippen LogP contribution in [0.3, 0.4) is 0 Å². The van der Waals surface area contributed by atoms with E-state index in [1.165, 1.54) is 0 Å². The summed E-state index contributed by atoms with van der Waals surface area (Å²) in [7, 11) is 0. The van der Waals surface area contributed by atoms with E-state index in [-0.39, 0.29) is 24.2 Å². The Morgan fingerprint density at radius 2 is 2.10 bits per heavy atom. The summed E-state index contributed by atoms with van der Waals surface area (Å²) in [6.45, 7) is 1.86. The normalized spacial score (nSPS) is 12.9. The van der Waals surface area contributed by atoms with Gasteiger partial charge < -0.3 is 20.7 Å². The van der Waals surface area contributed by atoms with Gasteiger partial charge >= 0.3 is 0 Å². The van der Waals surface area contributed by atoms with Crippen LogP contribution in [0.5, 0.6) is 0 Å². The maximum atomic E-state index is 12.0. The van der Waals surface area contributed by atoms with Crippen molar-refractivity contribution >= 4 is 11.7 Å². The predicted octanol–water partition coefficient (Wildman–Crippen LogP) is 1.79. The van der Waals surface area contributed by atoms with E-state index in [1.807, 2.05) is 13.0 Å². The summed E-state index contributed by atoms with van der Waals surface area (Å²) >= 11 is 0. The standard InChI is InChI=1S/C15H17N3O3/c1-10(13-3-2-8-21-13)17-14(19)9-11-4-6-12(7-5-11)15(16)18-20/h2-8,10,20H,9H2,1H3,(H2,16,18)(H,17,19). The van der Waals surface area contributed by atoms with Crippen molar-refractivity contribution in [1.82, 2.24) is 5.32 Å². The van der Waals surface area contributed by atoms with Gasteiger partial charge in [-0.05, 0) is 24.6 Å². The molecule has 1 aromatic carbocycles. The molecule has 1 atom stereocenters. The van der Waals surface area contributed by atoms with E-state index in [0.717, 1.165) is 5.56 Å². The van der Waals surface area contributed by atoms with Gasteiger partial charge in [-0.15, -0.1) is 0 Å². The van der Waals surface area contributed by atoms with Crippen molar-refractivity contribution in [2.45, 2.75) is 19.4 Å². The van der Waals surface area contributed by atoms with E-state index in [9.17, 15) is 4.79 Å². The van der Waals surface area contributed by atoms with Crippen LogP contribution in [0.2, 0.25) is 0 Å². The number of carbonyl (C=O) groups is 1. The van der Waals surface area contributed by atoms with Crippen LogP contribution in [0.4, 0.5) is 0 Å². The Morgan fingerprint density at radius 1 is 1.38 bits per heavy atom. The van der Waals surface area contributed by atoms with Crippen molar-refractivity contribution in [2.24, 2.45) is 10.9 Å². The SMILES string of the molecule is CC(NC(=O)Cc1ccc(C(N)=NO)cc1)c1ccco1. The summed E-state index contributed by atoms with van der Waals surface area (Å²) in [6.07, 6.45) is 1.82. The van der Waals surface area contributed by atoms with E-state index in [1.54, 1.807) is 36.6 Å². The molecule has 1 amide bonds. The van der Waals surface area contributed by atoms with E-state index in [4.69, 9.17) is 15.4 Å². The molecule has 1 aromatic heterocycles. The van der Waals surface area contributed by atoms with Gasteiger partial charge in [0.2, 0.25) is 5.91 Å². The summed E-state index contributed by atoms with van der Waals surface area (Å²) in [5.74, 6) is 0.651. The molecule has 1 heterocycles. The number of furan rings is 1. The van der Waals surface area contributed by atoms with E-state index < -0.39 is 0 Å². The number of carbonyl (C=O) groups excluding carboxylic acids is 1. The molecule has 0 saturated heterocycles. The Morgan fingerprint density at radius 3 is 2.67 bits per heavy atom. The molecule has 0 aliphatic heterocycles. The molecule has 21 heavy (non-hydrogen) atoms. The molecule has 1 unspecified atom stereocenters. The van der Waals surface area contributed by atoms with Gasteiger partial charge in [-0.1, -0.05) is 29.4 Å². The molecule has 0 aliphatic rings. The maximum Gasteiger partial charge on any atom is 0.224 e. The third-order valence-electron chi connectivity index (χ3n) is 3.07. The van der Waals surface area contributed by atoms with E-state index in [0.29, 0.717) is 11.3 Å². The maximum absolute atomic E-state index is 12.0. The molecule has 2 aromatic rings. The quantitative estimate of drug-likeness (QED) is 0.338. The lowest BCUT2D eigenvalue weighted by Crippen LogP contribution is -2.27. The van der Waals surface area contributed by atoms with Gasteiger partial charge in [0.15, 0.2) is 5.84 Å². The Labute approximate surface area is 122 Å². The third-order valence-corrected chi connectivity index (χ3v) is 3.07. The second-order valence-corrected chi connectivity index (χ2v) is 4.66. The highest BCUT2D eigenvalue weighted by atomic mass is 16.4. The van der Waals surface area contributed by atoms with Crippen LogP contribution in [-0.2, 0) is 11.2 Å². The summed E-state index contributed by atoms with van der Waals surface area (Å²) in [5, 5.41) is 14.4. The van der Waals surface area contributed by atoms with Gasteiger partial charge in [-0.25, -0.2) is 0 Å². The van der Waals surface area contributed by atoms with Gasteiger partial charge in [-0.2, -0.15) is 0 Å². The van der Waals surface area contributed by atoms with Crippen molar-refractivity contribution in [3.8, 4) is 0 Å². The number of amidine groups is 1. The third kappa shape index (κ3) is 3.85. The fraction of sp³-hybridized carbons (Fsp3) is 0.200. The first kappa shape index (κ1) is 14.6. The minimum Gasteiger partial charge on any atom is -0.467 e. The highest BCUT2D eigenvalue weighted by Gasteiger charge is 2.12. The molecule has 6 nitrogen and oxygen atoms in total. The van der Waals surface area contributed by atoms with Gasteiger partial charge in [0, 0.05) is 5.56 Å². The zero-order chi connectivity index (χ0) is 15.2. The fourth-order valence-electron chi connectivity index (χ4n) is 1.94. The molecule has 0 spiro atoms. The number of nitrogens with zero attached hydrogens (tertiary/aromatic N) is 1. The largest absolute Gasteiger partial charge is 0.467 e. The number of hydrogen-bond donors (Lipinski definition) is 3. The smallest absolute Gasteiger partial charge is 0.224 e. The molecular formula is C15H17N3O3. The number of nitrogens with two attached hydrogens (primary N) is 1. The van der Waals surface area contributed by atoms with Crippen LogP contribution in [0, 0.1) is 0 Å². The fourth-order valence-corrected chi connectivity index (χ4v) is 1.94. The highest BCUT2D eigenvalue weighted by Crippen LogP contribution is 2.12. The summed E-state index contributed by atoms with van der Waals surface area (Å²) in [6, 6.07) is 10.4. The molecule has 0 aliphatic carbocycles. The van der Waals surface area contributed by atoms with Crippen molar-refractivity contribution in [3.05, 3.63) is 59.5 Å². The second kappa shape index (κ2) is 6.60. The minimum absolute atomic E-state index is 0.0393. The van der Waals surface area contributed by atoms with Crippen LogP contribution in [-0.4, -0.2) is 17.0 Å². The first-order valence-corrected chi connectivity index (χ1v) is 6.49. The number of hydrogen-bond acceptors (Lipinski definition) is 4. The average molecular weight is 287 g/mol. The first-order chi connectivity index (χ1) is 10.1. The second-order valence-electron chi connectivity index (χ2n) is 4.66. The van der Waals surface area contributed by atoms with Crippen LogP contribution in [0.15, 0.2) is 52.2 Å². The summed E-state index contributed by atoms with van der Waals surface area (Å²) < 4.78 is 5.24. The molecule has 0 radical (unpaired) electrons. The van der Waals surface area contributed by atoms with Crippen molar-refractivity contribution < 1.29 is 14.4 Å². The minimum atomic E-state index is -0.177. The molecule has 6 heteroatoms. The van der Waals surface area contributed by atoms with Crippen molar-refractivity contribution in [3.63, 3.8) is 0 Å². The van der Waals surface area contributed by atoms with E-state index in [2.05, 4.69) is 10.5 Å². The Kier molecular flexibility index (Phi) is 4.61. The predicted molar refractivity (Wildman–Crippen MR) is 77.9 cm³/mol. The zero-order valence-electron chi connectivity index (χ0n) is 11.6. The summed E-state index contributed by atoms with van der Waals surface area (Å²) in [5.41, 5.74) is 6.92. The molecule has 110 valence electrons. The Balaban J connectivity index is 1.93. The lowest BCUT2D eigenvalue weighted by molar-refractivity contribution is -0.121. The number of benzene rings is 1. The Hall–Kier alpha value is -2.76. The summed E-state index contributed by atoms with van der Waals surface area (Å²) in [4.78, 5) is 12.0. The van der Waals surface area contributed by atoms with Crippen molar-refractivity contribution in [2.75, 3.05) is 0 Å². The van der Waals surface area contributed by atoms with Gasteiger partial charge in [0.1, 0.15) is 5.76 Å². The van der Waals surface area contributed by atoms with Gasteiger partial charge in [0.25, 0.3) is 0 Å². The van der Waals surface area contributed by atoms with Gasteiger partial charge in [0.05, 0.1) is 18.7 Å². The zero-order valence-corrected chi connectivity index (χ0v) is 11.6. The van der Waals surface area contributed by atoms with E-state index >= 15 is 0 Å².